The summed E-state index contributed by atoms with van der Waals surface area (Å²) in [5, 5.41) is 5.97. The van der Waals surface area contributed by atoms with E-state index in [-0.39, 0.29) is 42.2 Å². The van der Waals surface area contributed by atoms with Crippen molar-refractivity contribution < 1.29 is 9.59 Å². The Labute approximate surface area is 155 Å². The van der Waals surface area contributed by atoms with Crippen molar-refractivity contribution in [2.45, 2.75) is 57.5 Å². The van der Waals surface area contributed by atoms with E-state index in [9.17, 15) is 9.59 Å². The molecule has 6 heteroatoms. The molecule has 0 heterocycles. The molecular formula is C19H28ClN3O2. The second-order valence-corrected chi connectivity index (χ2v) is 7.23. The van der Waals surface area contributed by atoms with Crippen molar-refractivity contribution in [3.05, 3.63) is 29.8 Å². The Morgan fingerprint density at radius 3 is 2.40 bits per heavy atom. The monoisotopic (exact) mass is 365 g/mol. The third-order valence-electron chi connectivity index (χ3n) is 5.17. The first-order chi connectivity index (χ1) is 11.5. The summed E-state index contributed by atoms with van der Waals surface area (Å²) < 4.78 is 0. The summed E-state index contributed by atoms with van der Waals surface area (Å²) in [6.45, 7) is 1.98. The largest absolute Gasteiger partial charge is 0.350 e. The maximum Gasteiger partial charge on any atom is 0.227 e. The van der Waals surface area contributed by atoms with Gasteiger partial charge < -0.3 is 16.4 Å². The smallest absolute Gasteiger partial charge is 0.227 e. The molecule has 25 heavy (non-hydrogen) atoms. The van der Waals surface area contributed by atoms with E-state index in [1.54, 1.807) is 0 Å². The van der Waals surface area contributed by atoms with E-state index in [0.717, 1.165) is 43.4 Å². The highest BCUT2D eigenvalue weighted by atomic mass is 35.5. The molecule has 2 fully saturated rings. The molecule has 138 valence electrons. The summed E-state index contributed by atoms with van der Waals surface area (Å²) in [6, 6.07) is 7.81. The predicted molar refractivity (Wildman–Crippen MR) is 102 cm³/mol. The number of hydrogen-bond acceptors (Lipinski definition) is 3. The zero-order valence-electron chi connectivity index (χ0n) is 14.7. The average molecular weight is 366 g/mol. The third kappa shape index (κ3) is 5.44. The molecule has 1 aromatic carbocycles. The van der Waals surface area contributed by atoms with Crippen molar-refractivity contribution in [1.82, 2.24) is 5.32 Å². The van der Waals surface area contributed by atoms with Crippen LogP contribution in [0.2, 0.25) is 0 Å². The van der Waals surface area contributed by atoms with Gasteiger partial charge in [0, 0.05) is 24.1 Å². The molecule has 0 saturated heterocycles. The quantitative estimate of drug-likeness (QED) is 0.724. The first kappa shape index (κ1) is 19.7. The second-order valence-electron chi connectivity index (χ2n) is 7.23. The molecule has 1 aromatic rings. The van der Waals surface area contributed by atoms with Gasteiger partial charge in [-0.2, -0.15) is 0 Å². The first-order valence-electron chi connectivity index (χ1n) is 8.98. The van der Waals surface area contributed by atoms with Gasteiger partial charge in [-0.05, 0) is 56.2 Å². The number of nitrogens with two attached hydrogens (primary N) is 1. The normalized spacial score (nSPS) is 23.4. The van der Waals surface area contributed by atoms with E-state index >= 15 is 0 Å². The van der Waals surface area contributed by atoms with Crippen LogP contribution in [-0.2, 0) is 9.59 Å². The Morgan fingerprint density at radius 2 is 1.84 bits per heavy atom. The lowest BCUT2D eigenvalue weighted by Crippen LogP contribution is -2.32. The van der Waals surface area contributed by atoms with Crippen LogP contribution in [0.4, 0.5) is 5.69 Å². The fraction of sp³-hybridized carbons (Fsp3) is 0.579. The third-order valence-corrected chi connectivity index (χ3v) is 5.17. The number of nitrogens with one attached hydrogen (secondary N) is 2. The molecule has 2 aliphatic rings. The van der Waals surface area contributed by atoms with Crippen LogP contribution in [0.5, 0.6) is 0 Å². The summed E-state index contributed by atoms with van der Waals surface area (Å²) in [5.74, 6) is 0.690. The van der Waals surface area contributed by atoms with Crippen LogP contribution >= 0.6 is 12.4 Å². The van der Waals surface area contributed by atoms with Crippen molar-refractivity contribution in [2.24, 2.45) is 17.6 Å². The van der Waals surface area contributed by atoms with Crippen molar-refractivity contribution >= 4 is 29.9 Å². The van der Waals surface area contributed by atoms with Crippen molar-refractivity contribution in [3.8, 4) is 0 Å². The Kier molecular flexibility index (Phi) is 6.85. The predicted octanol–water partition coefficient (Wildman–Crippen LogP) is 3.15. The summed E-state index contributed by atoms with van der Waals surface area (Å²) in [5.41, 5.74) is 7.88. The van der Waals surface area contributed by atoms with Gasteiger partial charge in [0.2, 0.25) is 11.8 Å². The Hall–Kier alpha value is -1.59. The minimum atomic E-state index is -0.0525. The summed E-state index contributed by atoms with van der Waals surface area (Å²) >= 11 is 0. The van der Waals surface area contributed by atoms with Crippen LogP contribution in [0.25, 0.3) is 0 Å². The van der Waals surface area contributed by atoms with E-state index in [0.29, 0.717) is 12.3 Å². The minimum absolute atomic E-state index is 0. The SMILES string of the molecule is CC(NC(=O)C[C@@H]1CCC[C@H]1N)c1ccc(NC(=O)C2CC2)cc1.Cl. The number of amides is 2. The van der Waals surface area contributed by atoms with Crippen LogP contribution in [0.3, 0.4) is 0 Å². The van der Waals surface area contributed by atoms with E-state index in [1.807, 2.05) is 31.2 Å². The van der Waals surface area contributed by atoms with E-state index < -0.39 is 0 Å². The highest BCUT2D eigenvalue weighted by molar-refractivity contribution is 5.94. The van der Waals surface area contributed by atoms with Crippen LogP contribution in [-0.4, -0.2) is 17.9 Å². The van der Waals surface area contributed by atoms with Crippen molar-refractivity contribution in [1.29, 1.82) is 0 Å². The van der Waals surface area contributed by atoms with Gasteiger partial charge in [0.25, 0.3) is 0 Å². The van der Waals surface area contributed by atoms with Crippen molar-refractivity contribution in [2.75, 3.05) is 5.32 Å². The van der Waals surface area contributed by atoms with Gasteiger partial charge in [-0.3, -0.25) is 9.59 Å². The highest BCUT2D eigenvalue weighted by Crippen LogP contribution is 2.30. The Balaban J connectivity index is 0.00000225. The summed E-state index contributed by atoms with van der Waals surface area (Å²) in [4.78, 5) is 24.0. The van der Waals surface area contributed by atoms with Crippen LogP contribution < -0.4 is 16.4 Å². The maximum atomic E-state index is 12.2. The molecule has 4 N–H and O–H groups in total. The molecule has 0 aliphatic heterocycles. The van der Waals surface area contributed by atoms with Crippen LogP contribution in [0.15, 0.2) is 24.3 Å². The average Bonchev–Trinajstić information content (AvgIpc) is 3.33. The fourth-order valence-corrected chi connectivity index (χ4v) is 3.39. The van der Waals surface area contributed by atoms with Gasteiger partial charge in [0.1, 0.15) is 0 Å². The number of carbonyl (C=O) groups excluding carboxylic acids is 2. The summed E-state index contributed by atoms with van der Waals surface area (Å²) in [7, 11) is 0. The second kappa shape index (κ2) is 8.68. The standard InChI is InChI=1S/C19H27N3O2.ClH/c1-12(21-18(23)11-15-3-2-4-17(15)20)13-7-9-16(10-8-13)22-19(24)14-5-6-14;/h7-10,12,14-15,17H,2-6,11,20H2,1H3,(H,21,23)(H,22,24);1H/t12?,15-,17+;/m0./s1. The minimum Gasteiger partial charge on any atom is -0.350 e. The lowest BCUT2D eigenvalue weighted by molar-refractivity contribution is -0.122. The fourth-order valence-electron chi connectivity index (χ4n) is 3.39. The van der Waals surface area contributed by atoms with Gasteiger partial charge in [0.15, 0.2) is 0 Å². The maximum absolute atomic E-state index is 12.2. The topological polar surface area (TPSA) is 84.2 Å². The van der Waals surface area contributed by atoms with Gasteiger partial charge in [0.05, 0.1) is 6.04 Å². The lowest BCUT2D eigenvalue weighted by atomic mass is 9.99. The number of halogens is 1. The van der Waals surface area contributed by atoms with E-state index in [1.165, 1.54) is 0 Å². The molecule has 0 bridgehead atoms. The van der Waals surface area contributed by atoms with Gasteiger partial charge in [-0.1, -0.05) is 18.6 Å². The number of anilines is 1. The van der Waals surface area contributed by atoms with Crippen LogP contribution in [0.1, 0.15) is 57.1 Å². The molecule has 3 rings (SSSR count). The Bertz CT molecular complexity index is 601. The lowest BCUT2D eigenvalue weighted by Gasteiger charge is -2.18. The Morgan fingerprint density at radius 1 is 1.16 bits per heavy atom. The number of carbonyl (C=O) groups is 2. The molecule has 1 unspecified atom stereocenters. The molecule has 2 amide bonds. The molecule has 0 aromatic heterocycles. The van der Waals surface area contributed by atoms with E-state index in [4.69, 9.17) is 5.73 Å². The molecule has 3 atom stereocenters. The molecule has 2 aliphatic carbocycles. The number of hydrogen-bond donors (Lipinski definition) is 3. The molecular weight excluding hydrogens is 338 g/mol. The van der Waals surface area contributed by atoms with Crippen molar-refractivity contribution in [3.63, 3.8) is 0 Å². The highest BCUT2D eigenvalue weighted by Gasteiger charge is 2.29. The zero-order valence-corrected chi connectivity index (χ0v) is 15.5. The molecule has 2 saturated carbocycles. The van der Waals surface area contributed by atoms with Gasteiger partial charge >= 0.3 is 0 Å². The molecule has 0 radical (unpaired) electrons. The summed E-state index contributed by atoms with van der Waals surface area (Å²) in [6.07, 6.45) is 5.72. The first-order valence-corrected chi connectivity index (χ1v) is 8.98. The van der Waals surface area contributed by atoms with Gasteiger partial charge in [-0.25, -0.2) is 0 Å². The number of rotatable bonds is 6. The number of benzene rings is 1. The molecule has 5 nitrogen and oxygen atoms in total. The van der Waals surface area contributed by atoms with E-state index in [2.05, 4.69) is 10.6 Å². The molecule has 0 spiro atoms. The van der Waals surface area contributed by atoms with Crippen LogP contribution in [0, 0.1) is 11.8 Å². The van der Waals surface area contributed by atoms with Gasteiger partial charge in [-0.15, -0.1) is 12.4 Å². The zero-order chi connectivity index (χ0) is 17.1.